The van der Waals surface area contributed by atoms with Gasteiger partial charge in [0.25, 0.3) is 0 Å². The summed E-state index contributed by atoms with van der Waals surface area (Å²) in [6.07, 6.45) is 0.948. The molecular weight excluding hydrogens is 404 g/mol. The van der Waals surface area contributed by atoms with Gasteiger partial charge in [-0.3, -0.25) is 4.90 Å². The highest BCUT2D eigenvalue weighted by atomic mass is 19.2. The van der Waals surface area contributed by atoms with Crippen molar-refractivity contribution in [3.63, 3.8) is 0 Å². The number of benzene rings is 1. The van der Waals surface area contributed by atoms with E-state index < -0.39 is 11.6 Å². The average molecular weight is 436 g/mol. The zero-order valence-corrected chi connectivity index (χ0v) is 18.4. The molecule has 1 aromatic heterocycles. The molecule has 10 heteroatoms. The normalized spacial score (nSPS) is 16.4. The van der Waals surface area contributed by atoms with Crippen LogP contribution in [0.25, 0.3) is 0 Å². The fraction of sp³-hybridized carbons (Fsp3) is 0.571. The Balaban J connectivity index is 1.61. The van der Waals surface area contributed by atoms with Gasteiger partial charge in [-0.2, -0.15) is 0 Å². The van der Waals surface area contributed by atoms with Gasteiger partial charge in [-0.15, -0.1) is 10.2 Å². The molecule has 0 amide bonds. The molecule has 0 aliphatic carbocycles. The second-order valence-corrected chi connectivity index (χ2v) is 7.66. The summed E-state index contributed by atoms with van der Waals surface area (Å²) in [4.78, 5) is 7.00. The molecule has 31 heavy (non-hydrogen) atoms. The third-order valence-electron chi connectivity index (χ3n) is 5.41. The number of morpholine rings is 1. The molecule has 1 saturated heterocycles. The van der Waals surface area contributed by atoms with Crippen LogP contribution in [0.1, 0.15) is 36.6 Å². The minimum Gasteiger partial charge on any atom is -0.379 e. The molecule has 2 heterocycles. The second-order valence-electron chi connectivity index (χ2n) is 7.66. The van der Waals surface area contributed by atoms with Crippen molar-refractivity contribution in [3.05, 3.63) is 47.0 Å². The summed E-state index contributed by atoms with van der Waals surface area (Å²) < 4.78 is 34.2. The Morgan fingerprint density at radius 2 is 2.00 bits per heavy atom. The van der Waals surface area contributed by atoms with Gasteiger partial charge < -0.3 is 19.9 Å². The van der Waals surface area contributed by atoms with Crippen LogP contribution in [0, 0.1) is 18.6 Å². The fourth-order valence-electron chi connectivity index (χ4n) is 3.30. The van der Waals surface area contributed by atoms with Crippen molar-refractivity contribution in [1.29, 1.82) is 0 Å². The largest absolute Gasteiger partial charge is 0.379 e. The van der Waals surface area contributed by atoms with E-state index in [0.717, 1.165) is 63.5 Å². The highest BCUT2D eigenvalue weighted by Gasteiger charge is 2.13. The number of guanidine groups is 1. The zero-order valence-electron chi connectivity index (χ0n) is 18.4. The number of nitrogens with zero attached hydrogens (tertiary/aromatic N) is 5. The van der Waals surface area contributed by atoms with Crippen molar-refractivity contribution in [1.82, 2.24) is 30.3 Å². The second kappa shape index (κ2) is 11.1. The lowest BCUT2D eigenvalue weighted by molar-refractivity contribution is 0.0376. The highest BCUT2D eigenvalue weighted by Crippen LogP contribution is 2.16. The van der Waals surface area contributed by atoms with E-state index in [-0.39, 0.29) is 6.04 Å². The quantitative estimate of drug-likeness (QED) is 0.375. The van der Waals surface area contributed by atoms with Gasteiger partial charge in [-0.1, -0.05) is 6.07 Å². The third kappa shape index (κ3) is 6.70. The molecule has 2 aromatic rings. The fourth-order valence-corrected chi connectivity index (χ4v) is 3.30. The Morgan fingerprint density at radius 1 is 1.23 bits per heavy atom. The number of rotatable bonds is 8. The Hall–Kier alpha value is -2.59. The topological polar surface area (TPSA) is 79.6 Å². The summed E-state index contributed by atoms with van der Waals surface area (Å²) in [6.45, 7) is 9.29. The summed E-state index contributed by atoms with van der Waals surface area (Å²) in [5, 5.41) is 14.8. The number of aromatic nitrogens is 3. The van der Waals surface area contributed by atoms with E-state index in [1.54, 1.807) is 6.07 Å². The molecule has 1 aromatic carbocycles. The number of nitrogens with one attached hydrogen (secondary N) is 2. The zero-order chi connectivity index (χ0) is 22.2. The smallest absolute Gasteiger partial charge is 0.192 e. The summed E-state index contributed by atoms with van der Waals surface area (Å²) in [6, 6.07) is 3.65. The molecule has 0 bridgehead atoms. The van der Waals surface area contributed by atoms with Crippen LogP contribution >= 0.6 is 0 Å². The van der Waals surface area contributed by atoms with Gasteiger partial charge in [0.15, 0.2) is 23.4 Å². The van der Waals surface area contributed by atoms with Crippen molar-refractivity contribution >= 4 is 5.96 Å². The third-order valence-corrected chi connectivity index (χ3v) is 5.41. The van der Waals surface area contributed by atoms with E-state index in [2.05, 4.69) is 30.7 Å². The van der Waals surface area contributed by atoms with Crippen LogP contribution in [0.5, 0.6) is 0 Å². The van der Waals surface area contributed by atoms with Crippen LogP contribution in [0.3, 0.4) is 0 Å². The monoisotopic (exact) mass is 435 g/mol. The van der Waals surface area contributed by atoms with Gasteiger partial charge in [0.05, 0.1) is 19.3 Å². The van der Waals surface area contributed by atoms with Gasteiger partial charge in [0.2, 0.25) is 0 Å². The van der Waals surface area contributed by atoms with Crippen LogP contribution in [-0.4, -0.2) is 65.0 Å². The Labute approximate surface area is 181 Å². The van der Waals surface area contributed by atoms with Crippen LogP contribution in [0.2, 0.25) is 0 Å². The standard InChI is InChI=1S/C21H31F2N7O/c1-15(17-5-6-18(22)19(23)13-17)26-21(25-14-20-28-27-16(2)29(20)3)24-7-4-8-30-9-11-31-12-10-30/h5-6,13,15H,4,7-12,14H2,1-3H3,(H2,24,25,26). The maximum atomic E-state index is 13.6. The Morgan fingerprint density at radius 3 is 2.68 bits per heavy atom. The minimum absolute atomic E-state index is 0.262. The SMILES string of the molecule is Cc1nnc(CN=C(NCCCN2CCOCC2)NC(C)c2ccc(F)c(F)c2)n1C. The van der Waals surface area contributed by atoms with Crippen LogP contribution in [0.15, 0.2) is 23.2 Å². The molecule has 170 valence electrons. The summed E-state index contributed by atoms with van der Waals surface area (Å²) in [7, 11) is 1.90. The van der Waals surface area contributed by atoms with Crippen molar-refractivity contribution in [2.24, 2.45) is 12.0 Å². The Bertz CT molecular complexity index is 881. The summed E-state index contributed by atoms with van der Waals surface area (Å²) >= 11 is 0. The molecule has 3 rings (SSSR count). The lowest BCUT2D eigenvalue weighted by Crippen LogP contribution is -2.41. The number of hydrogen-bond acceptors (Lipinski definition) is 5. The highest BCUT2D eigenvalue weighted by molar-refractivity contribution is 5.80. The van der Waals surface area contributed by atoms with E-state index in [1.807, 2.05) is 25.5 Å². The first kappa shape index (κ1) is 23.1. The van der Waals surface area contributed by atoms with E-state index in [1.165, 1.54) is 6.07 Å². The predicted molar refractivity (Wildman–Crippen MR) is 115 cm³/mol. The molecule has 0 radical (unpaired) electrons. The molecule has 0 spiro atoms. The molecule has 8 nitrogen and oxygen atoms in total. The number of aliphatic imine (C=N–C) groups is 1. The maximum absolute atomic E-state index is 13.6. The number of ether oxygens (including phenoxy) is 1. The lowest BCUT2D eigenvalue weighted by Gasteiger charge is -2.26. The van der Waals surface area contributed by atoms with E-state index in [4.69, 9.17) is 4.74 Å². The first-order chi connectivity index (χ1) is 14.9. The number of aryl methyl sites for hydroxylation is 1. The minimum atomic E-state index is -0.863. The van der Waals surface area contributed by atoms with E-state index in [9.17, 15) is 8.78 Å². The molecular formula is C21H31F2N7O. The molecule has 2 N–H and O–H groups in total. The van der Waals surface area contributed by atoms with Gasteiger partial charge in [0, 0.05) is 26.7 Å². The van der Waals surface area contributed by atoms with Gasteiger partial charge in [-0.25, -0.2) is 13.8 Å². The van der Waals surface area contributed by atoms with Crippen molar-refractivity contribution in [2.45, 2.75) is 32.9 Å². The van der Waals surface area contributed by atoms with Gasteiger partial charge in [0.1, 0.15) is 12.4 Å². The molecule has 1 atom stereocenters. The van der Waals surface area contributed by atoms with E-state index >= 15 is 0 Å². The summed E-state index contributed by atoms with van der Waals surface area (Å²) in [5.74, 6) is 0.419. The van der Waals surface area contributed by atoms with Crippen LogP contribution < -0.4 is 10.6 Å². The predicted octanol–water partition coefficient (Wildman–Crippen LogP) is 1.92. The first-order valence-corrected chi connectivity index (χ1v) is 10.6. The molecule has 1 unspecified atom stereocenters. The van der Waals surface area contributed by atoms with Gasteiger partial charge in [-0.05, 0) is 44.5 Å². The Kier molecular flexibility index (Phi) is 8.30. The number of halogens is 2. The van der Waals surface area contributed by atoms with Crippen molar-refractivity contribution < 1.29 is 13.5 Å². The molecule has 1 aliphatic rings. The van der Waals surface area contributed by atoms with E-state index in [0.29, 0.717) is 18.1 Å². The van der Waals surface area contributed by atoms with Crippen LogP contribution in [0.4, 0.5) is 8.78 Å². The molecule has 1 fully saturated rings. The van der Waals surface area contributed by atoms with Gasteiger partial charge >= 0.3 is 0 Å². The molecule has 1 aliphatic heterocycles. The van der Waals surface area contributed by atoms with Crippen molar-refractivity contribution in [3.8, 4) is 0 Å². The lowest BCUT2D eigenvalue weighted by atomic mass is 10.1. The maximum Gasteiger partial charge on any atom is 0.192 e. The summed E-state index contributed by atoms with van der Waals surface area (Å²) in [5.41, 5.74) is 0.635. The first-order valence-electron chi connectivity index (χ1n) is 10.6. The van der Waals surface area contributed by atoms with Crippen LogP contribution in [-0.2, 0) is 18.3 Å². The molecule has 0 saturated carbocycles. The van der Waals surface area contributed by atoms with Crippen molar-refractivity contribution in [2.75, 3.05) is 39.4 Å². The number of hydrogen-bond donors (Lipinski definition) is 2. The average Bonchev–Trinajstić information content (AvgIpc) is 3.09.